The molecule has 1 amide bonds. The summed E-state index contributed by atoms with van der Waals surface area (Å²) in [5, 5.41) is 2.79. The molecule has 1 rings (SSSR count). The van der Waals surface area contributed by atoms with Crippen molar-refractivity contribution in [1.82, 2.24) is 5.32 Å². The van der Waals surface area contributed by atoms with Crippen LogP contribution >= 0.6 is 11.6 Å². The lowest BCUT2D eigenvalue weighted by molar-refractivity contribution is -0.128. The molecule has 0 aliphatic carbocycles. The molecule has 0 saturated carbocycles. The first-order valence-electron chi connectivity index (χ1n) is 6.23. The van der Waals surface area contributed by atoms with E-state index in [0.717, 1.165) is 5.56 Å². The lowest BCUT2D eigenvalue weighted by Crippen LogP contribution is -2.39. The van der Waals surface area contributed by atoms with E-state index in [9.17, 15) is 13.6 Å². The maximum absolute atomic E-state index is 12.0. The summed E-state index contributed by atoms with van der Waals surface area (Å²) in [5.41, 5.74) is 0.326. The lowest BCUT2D eigenvalue weighted by atomic mass is 9.95. The third-order valence-electron chi connectivity index (χ3n) is 2.80. The Morgan fingerprint density at radius 2 is 1.95 bits per heavy atom. The molecule has 0 radical (unpaired) electrons. The minimum Gasteiger partial charge on any atom is -0.435 e. The molecule has 112 valence electrons. The second kappa shape index (κ2) is 7.43. The molecule has 0 aliphatic heterocycles. The van der Waals surface area contributed by atoms with Gasteiger partial charge in [-0.15, -0.1) is 11.6 Å². The monoisotopic (exact) mass is 305 g/mol. The zero-order chi connectivity index (χ0) is 15.2. The molecule has 0 aliphatic rings. The van der Waals surface area contributed by atoms with Gasteiger partial charge < -0.3 is 10.1 Å². The Balaban J connectivity index is 2.41. The van der Waals surface area contributed by atoms with Gasteiger partial charge in [0, 0.05) is 12.4 Å². The molecule has 0 fully saturated rings. The minimum atomic E-state index is -2.82. The van der Waals surface area contributed by atoms with E-state index in [2.05, 4.69) is 10.1 Å². The number of halogens is 3. The second-order valence-corrected chi connectivity index (χ2v) is 5.31. The molecule has 0 spiro atoms. The van der Waals surface area contributed by atoms with Gasteiger partial charge in [-0.3, -0.25) is 4.79 Å². The first kappa shape index (κ1) is 16.7. The SMILES string of the molecule is CC(C)(CCl)C(=O)NCCc1ccc(OC(F)F)cc1. The van der Waals surface area contributed by atoms with Crippen LogP contribution < -0.4 is 10.1 Å². The van der Waals surface area contributed by atoms with Crippen LogP contribution in [0.5, 0.6) is 5.75 Å². The van der Waals surface area contributed by atoms with Crippen molar-refractivity contribution < 1.29 is 18.3 Å². The van der Waals surface area contributed by atoms with Gasteiger partial charge in [0.2, 0.25) is 5.91 Å². The number of carbonyl (C=O) groups is 1. The fourth-order valence-corrected chi connectivity index (χ4v) is 1.58. The summed E-state index contributed by atoms with van der Waals surface area (Å²) >= 11 is 5.71. The van der Waals surface area contributed by atoms with Gasteiger partial charge in [0.05, 0.1) is 5.41 Å². The number of hydrogen-bond donors (Lipinski definition) is 1. The van der Waals surface area contributed by atoms with Crippen LogP contribution in [0.4, 0.5) is 8.78 Å². The summed E-state index contributed by atoms with van der Waals surface area (Å²) < 4.78 is 28.2. The largest absolute Gasteiger partial charge is 0.435 e. The molecule has 0 unspecified atom stereocenters. The maximum Gasteiger partial charge on any atom is 0.387 e. The first-order chi connectivity index (χ1) is 9.35. The predicted molar refractivity (Wildman–Crippen MR) is 74.3 cm³/mol. The van der Waals surface area contributed by atoms with Gasteiger partial charge in [-0.1, -0.05) is 12.1 Å². The average Bonchev–Trinajstić information content (AvgIpc) is 2.40. The Kier molecular flexibility index (Phi) is 6.20. The number of alkyl halides is 3. The zero-order valence-corrected chi connectivity index (χ0v) is 12.2. The smallest absolute Gasteiger partial charge is 0.387 e. The molecular formula is C14H18ClF2NO2. The van der Waals surface area contributed by atoms with E-state index in [0.29, 0.717) is 13.0 Å². The van der Waals surface area contributed by atoms with Crippen LogP contribution in [-0.2, 0) is 11.2 Å². The number of carbonyl (C=O) groups excluding carboxylic acids is 1. The molecule has 3 nitrogen and oxygen atoms in total. The third kappa shape index (κ3) is 5.33. The van der Waals surface area contributed by atoms with E-state index in [1.165, 1.54) is 12.1 Å². The number of ether oxygens (including phenoxy) is 1. The molecular weight excluding hydrogens is 288 g/mol. The van der Waals surface area contributed by atoms with E-state index in [-0.39, 0.29) is 17.5 Å². The Morgan fingerprint density at radius 3 is 2.45 bits per heavy atom. The van der Waals surface area contributed by atoms with Gasteiger partial charge >= 0.3 is 6.61 Å². The van der Waals surface area contributed by atoms with Crippen molar-refractivity contribution in [3.8, 4) is 5.75 Å². The van der Waals surface area contributed by atoms with Crippen molar-refractivity contribution in [2.75, 3.05) is 12.4 Å². The number of rotatable bonds is 7. The van der Waals surface area contributed by atoms with E-state index in [1.54, 1.807) is 26.0 Å². The zero-order valence-electron chi connectivity index (χ0n) is 11.5. The molecule has 1 aromatic carbocycles. The summed E-state index contributed by atoms with van der Waals surface area (Å²) in [4.78, 5) is 11.8. The van der Waals surface area contributed by atoms with Crippen LogP contribution in [0.3, 0.4) is 0 Å². The molecule has 0 atom stereocenters. The van der Waals surface area contributed by atoms with E-state index >= 15 is 0 Å². The highest BCUT2D eigenvalue weighted by atomic mass is 35.5. The van der Waals surface area contributed by atoms with Crippen LogP contribution in [0.1, 0.15) is 19.4 Å². The molecule has 6 heteroatoms. The first-order valence-corrected chi connectivity index (χ1v) is 6.76. The van der Waals surface area contributed by atoms with E-state index in [4.69, 9.17) is 11.6 Å². The van der Waals surface area contributed by atoms with Gasteiger partial charge in [0.15, 0.2) is 0 Å². The van der Waals surface area contributed by atoms with Crippen molar-refractivity contribution in [2.24, 2.45) is 5.41 Å². The number of hydrogen-bond acceptors (Lipinski definition) is 2. The predicted octanol–water partition coefficient (Wildman–Crippen LogP) is 3.21. The van der Waals surface area contributed by atoms with Crippen molar-refractivity contribution in [3.63, 3.8) is 0 Å². The average molecular weight is 306 g/mol. The van der Waals surface area contributed by atoms with Crippen LogP contribution in [-0.4, -0.2) is 24.9 Å². The Hall–Kier alpha value is -1.36. The molecule has 1 N–H and O–H groups in total. The Labute approximate surface area is 122 Å². The van der Waals surface area contributed by atoms with Crippen LogP contribution in [0, 0.1) is 5.41 Å². The van der Waals surface area contributed by atoms with E-state index in [1.807, 2.05) is 0 Å². The number of amides is 1. The van der Waals surface area contributed by atoms with Gasteiger partial charge in [-0.05, 0) is 38.0 Å². The van der Waals surface area contributed by atoms with Gasteiger partial charge in [0.1, 0.15) is 5.75 Å². The highest BCUT2D eigenvalue weighted by Gasteiger charge is 2.25. The Bertz CT molecular complexity index is 435. The quantitative estimate of drug-likeness (QED) is 0.786. The van der Waals surface area contributed by atoms with Crippen molar-refractivity contribution in [3.05, 3.63) is 29.8 Å². The molecule has 0 aromatic heterocycles. The van der Waals surface area contributed by atoms with Gasteiger partial charge in [0.25, 0.3) is 0 Å². The molecule has 0 heterocycles. The fourth-order valence-electron chi connectivity index (χ4n) is 1.46. The third-order valence-corrected chi connectivity index (χ3v) is 3.46. The normalized spacial score (nSPS) is 11.5. The van der Waals surface area contributed by atoms with Gasteiger partial charge in [-0.25, -0.2) is 0 Å². The fraction of sp³-hybridized carbons (Fsp3) is 0.500. The Morgan fingerprint density at radius 1 is 1.35 bits per heavy atom. The highest BCUT2D eigenvalue weighted by molar-refractivity contribution is 6.19. The maximum atomic E-state index is 12.0. The molecule has 1 aromatic rings. The van der Waals surface area contributed by atoms with Gasteiger partial charge in [-0.2, -0.15) is 8.78 Å². The van der Waals surface area contributed by atoms with Crippen LogP contribution in [0.25, 0.3) is 0 Å². The number of benzene rings is 1. The molecule has 20 heavy (non-hydrogen) atoms. The van der Waals surface area contributed by atoms with E-state index < -0.39 is 12.0 Å². The van der Waals surface area contributed by atoms with Crippen LogP contribution in [0.2, 0.25) is 0 Å². The highest BCUT2D eigenvalue weighted by Crippen LogP contribution is 2.17. The molecule has 0 bridgehead atoms. The standard InChI is InChI=1S/C14H18ClF2NO2/c1-14(2,9-15)12(19)18-8-7-10-3-5-11(6-4-10)20-13(16)17/h3-6,13H,7-9H2,1-2H3,(H,18,19). The van der Waals surface area contributed by atoms with Crippen molar-refractivity contribution in [1.29, 1.82) is 0 Å². The summed E-state index contributed by atoms with van der Waals surface area (Å²) in [7, 11) is 0. The van der Waals surface area contributed by atoms with Crippen LogP contribution in [0.15, 0.2) is 24.3 Å². The summed E-state index contributed by atoms with van der Waals surface area (Å²) in [6.45, 7) is 1.18. The minimum absolute atomic E-state index is 0.106. The second-order valence-electron chi connectivity index (χ2n) is 5.05. The van der Waals surface area contributed by atoms with Crippen molar-refractivity contribution >= 4 is 17.5 Å². The summed E-state index contributed by atoms with van der Waals surface area (Å²) in [6.07, 6.45) is 0.610. The number of nitrogens with one attached hydrogen (secondary N) is 1. The summed E-state index contributed by atoms with van der Waals surface area (Å²) in [5.74, 6) is 0.264. The molecule has 0 saturated heterocycles. The summed E-state index contributed by atoms with van der Waals surface area (Å²) in [6, 6.07) is 6.34. The topological polar surface area (TPSA) is 38.3 Å². The lowest BCUT2D eigenvalue weighted by Gasteiger charge is -2.20. The van der Waals surface area contributed by atoms with Crippen molar-refractivity contribution in [2.45, 2.75) is 26.9 Å².